The molecule has 5 nitrogen and oxygen atoms in total. The number of aliphatic hydroxyl groups is 1. The Morgan fingerprint density at radius 1 is 1.35 bits per heavy atom. The largest absolute Gasteiger partial charge is 0.391 e. The first-order chi connectivity index (χ1) is 9.35. The monoisotopic (exact) mass is 332 g/mol. The molecule has 2 rings (SSSR count). The SMILES string of the molecule is Cc1csc(CO)c1S(=O)(=O)Nc1nc(C(C)C)cs1. The van der Waals surface area contributed by atoms with Gasteiger partial charge >= 0.3 is 0 Å². The molecule has 0 unspecified atom stereocenters. The van der Waals surface area contributed by atoms with Crippen molar-refractivity contribution in [2.45, 2.75) is 38.2 Å². The van der Waals surface area contributed by atoms with E-state index in [0.717, 1.165) is 5.69 Å². The molecule has 8 heteroatoms. The molecular weight excluding hydrogens is 316 g/mol. The van der Waals surface area contributed by atoms with Crippen LogP contribution < -0.4 is 4.72 Å². The average molecular weight is 332 g/mol. The van der Waals surface area contributed by atoms with Gasteiger partial charge in [0.25, 0.3) is 10.0 Å². The second kappa shape index (κ2) is 5.80. The van der Waals surface area contributed by atoms with E-state index in [4.69, 9.17) is 0 Å². The lowest BCUT2D eigenvalue weighted by molar-refractivity contribution is 0.282. The van der Waals surface area contributed by atoms with E-state index in [0.29, 0.717) is 15.6 Å². The van der Waals surface area contributed by atoms with Gasteiger partial charge in [-0.1, -0.05) is 13.8 Å². The predicted molar refractivity (Wildman–Crippen MR) is 82.0 cm³/mol. The third kappa shape index (κ3) is 3.03. The topological polar surface area (TPSA) is 79.3 Å². The van der Waals surface area contributed by atoms with Crippen molar-refractivity contribution in [3.63, 3.8) is 0 Å². The molecule has 0 spiro atoms. The number of thiophene rings is 1. The number of aryl methyl sites for hydroxylation is 1. The molecule has 0 fully saturated rings. The highest BCUT2D eigenvalue weighted by atomic mass is 32.2. The zero-order valence-electron chi connectivity index (χ0n) is 11.4. The van der Waals surface area contributed by atoms with Crippen molar-refractivity contribution in [3.8, 4) is 0 Å². The molecule has 0 atom stereocenters. The van der Waals surface area contributed by atoms with Crippen LogP contribution in [0, 0.1) is 6.92 Å². The van der Waals surface area contributed by atoms with Gasteiger partial charge in [-0.3, -0.25) is 4.72 Å². The Morgan fingerprint density at radius 3 is 2.60 bits per heavy atom. The minimum atomic E-state index is -3.71. The quantitative estimate of drug-likeness (QED) is 0.882. The van der Waals surface area contributed by atoms with Crippen molar-refractivity contribution in [3.05, 3.63) is 26.9 Å². The first kappa shape index (κ1) is 15.4. The van der Waals surface area contributed by atoms with Crippen LogP contribution in [-0.2, 0) is 16.6 Å². The van der Waals surface area contributed by atoms with Crippen molar-refractivity contribution in [2.24, 2.45) is 0 Å². The number of nitrogens with zero attached hydrogens (tertiary/aromatic N) is 1. The number of hydrogen-bond donors (Lipinski definition) is 2. The van der Waals surface area contributed by atoms with Gasteiger partial charge in [-0.05, 0) is 23.8 Å². The fourth-order valence-corrected chi connectivity index (χ4v) is 5.51. The Morgan fingerprint density at radius 2 is 2.05 bits per heavy atom. The van der Waals surface area contributed by atoms with Gasteiger partial charge in [0, 0.05) is 5.38 Å². The van der Waals surface area contributed by atoms with Gasteiger partial charge in [0.05, 0.1) is 17.2 Å². The molecule has 0 saturated carbocycles. The molecule has 20 heavy (non-hydrogen) atoms. The summed E-state index contributed by atoms with van der Waals surface area (Å²) < 4.78 is 27.3. The van der Waals surface area contributed by atoms with E-state index in [2.05, 4.69) is 9.71 Å². The molecule has 2 aromatic heterocycles. The van der Waals surface area contributed by atoms with E-state index in [1.165, 1.54) is 22.7 Å². The summed E-state index contributed by atoms with van der Waals surface area (Å²) in [5.41, 5.74) is 1.49. The van der Waals surface area contributed by atoms with E-state index in [1.54, 1.807) is 12.3 Å². The highest BCUT2D eigenvalue weighted by Crippen LogP contribution is 2.30. The number of hydrogen-bond acceptors (Lipinski definition) is 6. The van der Waals surface area contributed by atoms with E-state index in [-0.39, 0.29) is 17.4 Å². The fourth-order valence-electron chi connectivity index (χ4n) is 1.72. The van der Waals surface area contributed by atoms with Crippen LogP contribution >= 0.6 is 22.7 Å². The lowest BCUT2D eigenvalue weighted by atomic mass is 10.2. The number of sulfonamides is 1. The zero-order valence-corrected chi connectivity index (χ0v) is 13.8. The molecule has 0 amide bonds. The van der Waals surface area contributed by atoms with Gasteiger partial charge in [0.15, 0.2) is 5.13 Å². The van der Waals surface area contributed by atoms with Gasteiger partial charge in [-0.25, -0.2) is 13.4 Å². The summed E-state index contributed by atoms with van der Waals surface area (Å²) in [7, 11) is -3.71. The molecule has 0 aliphatic carbocycles. The van der Waals surface area contributed by atoms with Crippen molar-refractivity contribution < 1.29 is 13.5 Å². The number of aliphatic hydroxyl groups excluding tert-OH is 1. The van der Waals surface area contributed by atoms with Crippen LogP contribution in [0.15, 0.2) is 15.7 Å². The van der Waals surface area contributed by atoms with Crippen molar-refractivity contribution in [1.29, 1.82) is 0 Å². The molecule has 2 aromatic rings. The van der Waals surface area contributed by atoms with Gasteiger partial charge in [-0.2, -0.15) is 0 Å². The average Bonchev–Trinajstić information content (AvgIpc) is 2.95. The van der Waals surface area contributed by atoms with Crippen LogP contribution in [0.5, 0.6) is 0 Å². The van der Waals surface area contributed by atoms with Crippen LogP contribution in [0.25, 0.3) is 0 Å². The van der Waals surface area contributed by atoms with Crippen molar-refractivity contribution in [1.82, 2.24) is 4.98 Å². The third-order valence-electron chi connectivity index (χ3n) is 2.74. The summed E-state index contributed by atoms with van der Waals surface area (Å²) in [5, 5.41) is 13.2. The van der Waals surface area contributed by atoms with E-state index in [1.807, 2.05) is 19.2 Å². The van der Waals surface area contributed by atoms with Crippen LogP contribution in [0.3, 0.4) is 0 Å². The molecule has 0 aromatic carbocycles. The highest BCUT2D eigenvalue weighted by molar-refractivity contribution is 7.93. The summed E-state index contributed by atoms with van der Waals surface area (Å²) in [6.45, 7) is 5.43. The number of thiazole rings is 1. The minimum absolute atomic E-state index is 0.159. The minimum Gasteiger partial charge on any atom is -0.391 e. The number of rotatable bonds is 5. The Hall–Kier alpha value is -0.960. The van der Waals surface area contributed by atoms with E-state index < -0.39 is 10.0 Å². The van der Waals surface area contributed by atoms with Crippen molar-refractivity contribution in [2.75, 3.05) is 4.72 Å². The first-order valence-electron chi connectivity index (χ1n) is 6.01. The molecule has 2 heterocycles. The van der Waals surface area contributed by atoms with Crippen LogP contribution in [0.2, 0.25) is 0 Å². The fraction of sp³-hybridized carbons (Fsp3) is 0.417. The Balaban J connectivity index is 2.33. The zero-order chi connectivity index (χ0) is 14.9. The molecule has 0 aliphatic rings. The normalized spacial score (nSPS) is 12.1. The summed E-state index contributed by atoms with van der Waals surface area (Å²) >= 11 is 2.50. The van der Waals surface area contributed by atoms with Gasteiger partial charge in [-0.15, -0.1) is 22.7 Å². The summed E-state index contributed by atoms with van der Waals surface area (Å²) in [6, 6.07) is 0. The molecule has 110 valence electrons. The Bertz CT molecular complexity index is 701. The van der Waals surface area contributed by atoms with Crippen LogP contribution in [-0.4, -0.2) is 18.5 Å². The smallest absolute Gasteiger partial charge is 0.265 e. The first-order valence-corrected chi connectivity index (χ1v) is 9.25. The molecule has 0 saturated heterocycles. The number of nitrogens with one attached hydrogen (secondary N) is 1. The lowest BCUT2D eigenvalue weighted by Gasteiger charge is -2.07. The molecular formula is C12H16N2O3S3. The van der Waals surface area contributed by atoms with Gasteiger partial charge in [0.2, 0.25) is 0 Å². The molecule has 0 aliphatic heterocycles. The second-order valence-corrected chi connectivity index (χ2v) is 8.11. The number of aromatic nitrogens is 1. The van der Waals surface area contributed by atoms with Gasteiger partial charge in [0.1, 0.15) is 4.90 Å². The van der Waals surface area contributed by atoms with Crippen molar-refractivity contribution >= 4 is 37.8 Å². The second-order valence-electron chi connectivity index (χ2n) is 4.67. The maximum absolute atomic E-state index is 12.4. The summed E-state index contributed by atoms with van der Waals surface area (Å²) in [4.78, 5) is 4.86. The Kier molecular flexibility index (Phi) is 4.48. The lowest BCUT2D eigenvalue weighted by Crippen LogP contribution is -2.14. The number of anilines is 1. The standard InChI is InChI=1S/C12H16N2O3S3/c1-7(2)9-6-19-12(13-9)14-20(16,17)11-8(3)5-18-10(11)4-15/h5-7,15H,4H2,1-3H3,(H,13,14). The summed E-state index contributed by atoms with van der Waals surface area (Å²) in [6.07, 6.45) is 0. The third-order valence-corrected chi connectivity index (χ3v) is 6.43. The predicted octanol–water partition coefficient (Wildman–Crippen LogP) is 2.93. The van der Waals surface area contributed by atoms with Crippen LogP contribution in [0.4, 0.5) is 5.13 Å². The summed E-state index contributed by atoms with van der Waals surface area (Å²) in [5.74, 6) is 0.250. The molecule has 0 radical (unpaired) electrons. The highest BCUT2D eigenvalue weighted by Gasteiger charge is 2.24. The maximum Gasteiger partial charge on any atom is 0.265 e. The van der Waals surface area contributed by atoms with Gasteiger partial charge < -0.3 is 5.11 Å². The van der Waals surface area contributed by atoms with E-state index >= 15 is 0 Å². The maximum atomic E-state index is 12.4. The Labute approximate surface area is 126 Å². The van der Waals surface area contributed by atoms with E-state index in [9.17, 15) is 13.5 Å². The van der Waals surface area contributed by atoms with Crippen LogP contribution in [0.1, 0.15) is 35.9 Å². The molecule has 0 bridgehead atoms. The molecule has 2 N–H and O–H groups in total.